The van der Waals surface area contributed by atoms with Crippen LogP contribution < -0.4 is 0 Å². The highest BCUT2D eigenvalue weighted by Gasteiger charge is 2.18. The molecule has 1 aromatic rings. The first-order chi connectivity index (χ1) is 7.16. The monoisotopic (exact) mass is 201 g/mol. The molecule has 3 heteroatoms. The summed E-state index contributed by atoms with van der Waals surface area (Å²) >= 11 is 0. The van der Waals surface area contributed by atoms with Gasteiger partial charge in [0.2, 0.25) is 0 Å². The molecule has 1 aromatic carbocycles. The summed E-state index contributed by atoms with van der Waals surface area (Å²) in [7, 11) is 0. The van der Waals surface area contributed by atoms with Crippen molar-refractivity contribution in [3.63, 3.8) is 0 Å². The van der Waals surface area contributed by atoms with Gasteiger partial charge in [-0.1, -0.05) is 35.9 Å². The van der Waals surface area contributed by atoms with E-state index in [1.165, 1.54) is 5.56 Å². The number of nitro groups is 1. The first-order valence-electron chi connectivity index (χ1n) is 4.78. The zero-order chi connectivity index (χ0) is 10.8. The standard InChI is InChI=1S/C12H11NO2/c1-9-2-4-10(5-3-9)11-6-7-12(8-11)13(14)15/h2-7H,8H2,1H3. The smallest absolute Gasteiger partial charge is 0.250 e. The van der Waals surface area contributed by atoms with Gasteiger partial charge >= 0.3 is 0 Å². The summed E-state index contributed by atoms with van der Waals surface area (Å²) in [6.07, 6.45) is 3.83. The molecule has 0 radical (unpaired) electrons. The van der Waals surface area contributed by atoms with Gasteiger partial charge in [0, 0.05) is 6.08 Å². The lowest BCUT2D eigenvalue weighted by molar-refractivity contribution is -0.425. The molecule has 0 aliphatic heterocycles. The summed E-state index contributed by atoms with van der Waals surface area (Å²) in [4.78, 5) is 10.2. The van der Waals surface area contributed by atoms with E-state index in [0.717, 1.165) is 11.1 Å². The van der Waals surface area contributed by atoms with Crippen molar-refractivity contribution in [2.24, 2.45) is 0 Å². The van der Waals surface area contributed by atoms with Crippen LogP contribution in [0.25, 0.3) is 5.57 Å². The van der Waals surface area contributed by atoms with Gasteiger partial charge in [-0.2, -0.15) is 0 Å². The Bertz CT molecular complexity index is 455. The number of rotatable bonds is 2. The first-order valence-corrected chi connectivity index (χ1v) is 4.78. The van der Waals surface area contributed by atoms with Gasteiger partial charge in [0.25, 0.3) is 5.70 Å². The van der Waals surface area contributed by atoms with Crippen LogP contribution in [-0.4, -0.2) is 4.92 Å². The molecule has 0 atom stereocenters. The van der Waals surface area contributed by atoms with Crippen molar-refractivity contribution in [1.29, 1.82) is 0 Å². The Morgan fingerprint density at radius 3 is 2.40 bits per heavy atom. The Hall–Kier alpha value is -1.90. The third-order valence-corrected chi connectivity index (χ3v) is 2.51. The fourth-order valence-electron chi connectivity index (χ4n) is 1.60. The maximum absolute atomic E-state index is 10.5. The Morgan fingerprint density at radius 2 is 1.87 bits per heavy atom. The molecule has 1 aliphatic carbocycles. The van der Waals surface area contributed by atoms with Gasteiger partial charge in [0.05, 0.1) is 11.3 Å². The average Bonchev–Trinajstić information content (AvgIpc) is 2.68. The molecule has 0 N–H and O–H groups in total. The van der Waals surface area contributed by atoms with Crippen molar-refractivity contribution in [2.75, 3.05) is 0 Å². The lowest BCUT2D eigenvalue weighted by atomic mass is 10.0. The van der Waals surface area contributed by atoms with Gasteiger partial charge in [0.15, 0.2) is 0 Å². The molecule has 0 fully saturated rings. The zero-order valence-electron chi connectivity index (χ0n) is 8.43. The van der Waals surface area contributed by atoms with Gasteiger partial charge < -0.3 is 0 Å². The lowest BCUT2D eigenvalue weighted by Crippen LogP contribution is -1.96. The van der Waals surface area contributed by atoms with Gasteiger partial charge in [-0.15, -0.1) is 0 Å². The molecule has 76 valence electrons. The van der Waals surface area contributed by atoms with Crippen LogP contribution in [0.5, 0.6) is 0 Å². The molecule has 0 saturated heterocycles. The summed E-state index contributed by atoms with van der Waals surface area (Å²) < 4.78 is 0. The Balaban J connectivity index is 2.17. The van der Waals surface area contributed by atoms with Gasteiger partial charge in [-0.05, 0) is 18.1 Å². The molecule has 3 nitrogen and oxygen atoms in total. The van der Waals surface area contributed by atoms with E-state index in [1.807, 2.05) is 37.3 Å². The van der Waals surface area contributed by atoms with Gasteiger partial charge in [-0.3, -0.25) is 10.1 Å². The molecule has 0 saturated carbocycles. The predicted octanol–water partition coefficient (Wildman–Crippen LogP) is 2.94. The van der Waals surface area contributed by atoms with Gasteiger partial charge in [-0.25, -0.2) is 0 Å². The quantitative estimate of drug-likeness (QED) is 0.545. The molecule has 0 bridgehead atoms. The normalized spacial score (nSPS) is 14.7. The average molecular weight is 201 g/mol. The summed E-state index contributed by atoms with van der Waals surface area (Å²) in [5.74, 6) is 0. The molecule has 1 aliphatic rings. The highest BCUT2D eigenvalue weighted by Crippen LogP contribution is 2.28. The summed E-state index contributed by atoms with van der Waals surface area (Å²) in [6.45, 7) is 2.02. The van der Waals surface area contributed by atoms with Crippen LogP contribution in [0.2, 0.25) is 0 Å². The minimum absolute atomic E-state index is 0.269. The van der Waals surface area contributed by atoms with Crippen molar-refractivity contribution in [1.82, 2.24) is 0 Å². The van der Waals surface area contributed by atoms with Crippen molar-refractivity contribution in [3.8, 4) is 0 Å². The molecular weight excluding hydrogens is 190 g/mol. The molecule has 0 amide bonds. The maximum atomic E-state index is 10.5. The van der Waals surface area contributed by atoms with E-state index in [9.17, 15) is 10.1 Å². The number of benzene rings is 1. The fourth-order valence-corrected chi connectivity index (χ4v) is 1.60. The fraction of sp³-hybridized carbons (Fsp3) is 0.167. The topological polar surface area (TPSA) is 43.1 Å². The minimum atomic E-state index is -0.322. The van der Waals surface area contributed by atoms with Crippen molar-refractivity contribution >= 4 is 5.57 Å². The van der Waals surface area contributed by atoms with Crippen LogP contribution >= 0.6 is 0 Å². The highest BCUT2D eigenvalue weighted by atomic mass is 16.6. The molecule has 15 heavy (non-hydrogen) atoms. The Morgan fingerprint density at radius 1 is 1.20 bits per heavy atom. The van der Waals surface area contributed by atoms with Crippen LogP contribution in [0.4, 0.5) is 0 Å². The number of hydrogen-bond donors (Lipinski definition) is 0. The summed E-state index contributed by atoms with van der Waals surface area (Å²) in [6, 6.07) is 8.02. The van der Waals surface area contributed by atoms with Crippen molar-refractivity contribution in [2.45, 2.75) is 13.3 Å². The van der Waals surface area contributed by atoms with Crippen LogP contribution in [0, 0.1) is 17.0 Å². The lowest BCUT2D eigenvalue weighted by Gasteiger charge is -2.02. The van der Waals surface area contributed by atoms with E-state index < -0.39 is 0 Å². The summed E-state index contributed by atoms with van der Waals surface area (Å²) in [5, 5.41) is 10.5. The molecule has 0 spiro atoms. The molecule has 0 aromatic heterocycles. The third-order valence-electron chi connectivity index (χ3n) is 2.51. The highest BCUT2D eigenvalue weighted by molar-refractivity contribution is 5.71. The number of aryl methyl sites for hydroxylation is 1. The summed E-state index contributed by atoms with van der Waals surface area (Å²) in [5.41, 5.74) is 3.54. The van der Waals surface area contributed by atoms with E-state index in [1.54, 1.807) is 6.08 Å². The van der Waals surface area contributed by atoms with E-state index in [-0.39, 0.29) is 10.6 Å². The van der Waals surface area contributed by atoms with Crippen LogP contribution in [0.1, 0.15) is 17.5 Å². The van der Waals surface area contributed by atoms with E-state index in [0.29, 0.717) is 6.42 Å². The Labute approximate surface area is 87.9 Å². The van der Waals surface area contributed by atoms with E-state index in [4.69, 9.17) is 0 Å². The zero-order valence-corrected chi connectivity index (χ0v) is 8.43. The molecule has 0 heterocycles. The van der Waals surface area contributed by atoms with Crippen molar-refractivity contribution in [3.05, 3.63) is 63.4 Å². The maximum Gasteiger partial charge on any atom is 0.250 e. The molecule has 0 unspecified atom stereocenters. The second-order valence-electron chi connectivity index (χ2n) is 3.65. The van der Waals surface area contributed by atoms with Crippen molar-refractivity contribution < 1.29 is 4.92 Å². The molecule has 2 rings (SSSR count). The number of allylic oxidation sites excluding steroid dienone is 3. The largest absolute Gasteiger partial charge is 0.259 e. The SMILES string of the molecule is Cc1ccc(C2=CC=C([N+](=O)[O-])C2)cc1. The van der Waals surface area contributed by atoms with Crippen LogP contribution in [0.3, 0.4) is 0 Å². The third kappa shape index (κ3) is 1.96. The predicted molar refractivity (Wildman–Crippen MR) is 58.9 cm³/mol. The van der Waals surface area contributed by atoms with Crippen LogP contribution in [0.15, 0.2) is 42.1 Å². The number of nitrogens with zero attached hydrogens (tertiary/aromatic N) is 1. The second-order valence-corrected chi connectivity index (χ2v) is 3.65. The van der Waals surface area contributed by atoms with E-state index in [2.05, 4.69) is 0 Å². The number of hydrogen-bond acceptors (Lipinski definition) is 2. The first kappa shape index (κ1) is 9.65. The van der Waals surface area contributed by atoms with Gasteiger partial charge in [0.1, 0.15) is 0 Å². The second kappa shape index (κ2) is 3.69. The van der Waals surface area contributed by atoms with Crippen LogP contribution in [-0.2, 0) is 0 Å². The Kier molecular flexibility index (Phi) is 2.37. The van der Waals surface area contributed by atoms with E-state index >= 15 is 0 Å². The minimum Gasteiger partial charge on any atom is -0.259 e. The molecular formula is C12H11NO2.